The van der Waals surface area contributed by atoms with Gasteiger partial charge in [0.25, 0.3) is 0 Å². The van der Waals surface area contributed by atoms with Gasteiger partial charge in [0.15, 0.2) is 11.0 Å². The van der Waals surface area contributed by atoms with Gasteiger partial charge in [0.2, 0.25) is 0 Å². The van der Waals surface area contributed by atoms with Crippen molar-refractivity contribution in [3.63, 3.8) is 0 Å². The number of imidazole rings is 1. The number of ether oxygens (including phenoxy) is 1. The molecule has 2 aromatic heterocycles. The summed E-state index contributed by atoms with van der Waals surface area (Å²) in [5, 5.41) is 0.574. The fourth-order valence-electron chi connectivity index (χ4n) is 2.35. The number of hydrogen-bond donors (Lipinski definition) is 1. The van der Waals surface area contributed by atoms with E-state index in [-0.39, 0.29) is 0 Å². The largest absolute Gasteiger partial charge is 0.497 e. The summed E-state index contributed by atoms with van der Waals surface area (Å²) < 4.78 is 7.43. The van der Waals surface area contributed by atoms with Gasteiger partial charge in [0.05, 0.1) is 28.7 Å². The number of benzene rings is 1. The first-order valence-corrected chi connectivity index (χ1v) is 7.23. The number of fused-ring (bicyclic) bond motifs is 1. The number of hydrogen-bond acceptors (Lipinski definition) is 5. The third-order valence-corrected chi connectivity index (χ3v) is 4.27. The molecule has 1 aromatic carbocycles. The molecule has 3 rings (SSSR count). The third-order valence-electron chi connectivity index (χ3n) is 3.29. The molecule has 6 heteroatoms. The first kappa shape index (κ1) is 12.9. The Morgan fingerprint density at radius 2 is 2.15 bits per heavy atom. The minimum absolute atomic E-state index is 0.574. The Kier molecular flexibility index (Phi) is 3.10. The molecule has 2 N–H and O–H groups in total. The highest BCUT2D eigenvalue weighted by atomic mass is 32.1. The summed E-state index contributed by atoms with van der Waals surface area (Å²) in [4.78, 5) is 10.0. The van der Waals surface area contributed by atoms with Crippen molar-refractivity contribution in [3.05, 3.63) is 23.9 Å². The number of methoxy groups -OCH3 is 1. The number of aryl methyl sites for hydroxylation is 2. The number of nitrogens with zero attached hydrogens (tertiary/aromatic N) is 3. The number of rotatable bonds is 3. The summed E-state index contributed by atoms with van der Waals surface area (Å²) >= 11 is 1.47. The molecular weight excluding hydrogens is 272 g/mol. The van der Waals surface area contributed by atoms with Crippen LogP contribution in [0.1, 0.15) is 12.6 Å². The molecular formula is C14H16N4OS. The van der Waals surface area contributed by atoms with Crippen LogP contribution in [0.15, 0.2) is 18.2 Å². The maximum absolute atomic E-state index is 5.80. The second-order valence-corrected chi connectivity index (χ2v) is 5.53. The van der Waals surface area contributed by atoms with Crippen LogP contribution in [-0.4, -0.2) is 21.6 Å². The predicted octanol–water partition coefficient (Wildman–Crippen LogP) is 3.08. The van der Waals surface area contributed by atoms with Crippen molar-refractivity contribution < 1.29 is 4.74 Å². The van der Waals surface area contributed by atoms with Crippen molar-refractivity contribution in [1.29, 1.82) is 0 Å². The summed E-state index contributed by atoms with van der Waals surface area (Å²) in [6, 6.07) is 5.94. The lowest BCUT2D eigenvalue weighted by Gasteiger charge is -2.04. The van der Waals surface area contributed by atoms with E-state index in [4.69, 9.17) is 15.5 Å². The first-order chi connectivity index (χ1) is 9.63. The Morgan fingerprint density at radius 1 is 1.35 bits per heavy atom. The lowest BCUT2D eigenvalue weighted by Crippen LogP contribution is -1.97. The van der Waals surface area contributed by atoms with Crippen LogP contribution in [0.5, 0.6) is 5.75 Å². The van der Waals surface area contributed by atoms with E-state index in [1.165, 1.54) is 11.3 Å². The molecule has 0 unspecified atom stereocenters. The van der Waals surface area contributed by atoms with Crippen molar-refractivity contribution >= 4 is 27.5 Å². The Labute approximate surface area is 121 Å². The standard InChI is InChI=1S/C14H16N4OS/c1-4-18-11-6-5-9(19-3)7-10(11)17-13(18)12-8(2)16-14(15)20-12/h5-7H,4H2,1-3H3,(H2,15,16). The van der Waals surface area contributed by atoms with Crippen LogP contribution in [0, 0.1) is 6.92 Å². The minimum atomic E-state index is 0.574. The third kappa shape index (κ3) is 1.92. The highest BCUT2D eigenvalue weighted by Crippen LogP contribution is 2.33. The zero-order valence-corrected chi connectivity index (χ0v) is 12.5. The highest BCUT2D eigenvalue weighted by Gasteiger charge is 2.17. The van der Waals surface area contributed by atoms with Crippen LogP contribution >= 0.6 is 11.3 Å². The molecule has 0 bridgehead atoms. The SMILES string of the molecule is CCn1c(-c2sc(N)nc2C)nc2cc(OC)ccc21. The average Bonchev–Trinajstić information content (AvgIpc) is 2.96. The van der Waals surface area contributed by atoms with Gasteiger partial charge in [-0.2, -0.15) is 0 Å². The van der Waals surface area contributed by atoms with E-state index >= 15 is 0 Å². The van der Waals surface area contributed by atoms with Crippen LogP contribution in [0.4, 0.5) is 5.13 Å². The molecule has 104 valence electrons. The molecule has 0 aliphatic heterocycles. The molecule has 5 nitrogen and oxygen atoms in total. The van der Waals surface area contributed by atoms with Gasteiger partial charge in [-0.25, -0.2) is 9.97 Å². The van der Waals surface area contributed by atoms with Crippen molar-refractivity contribution in [3.8, 4) is 16.5 Å². The summed E-state index contributed by atoms with van der Waals surface area (Å²) in [6.07, 6.45) is 0. The molecule has 2 heterocycles. The zero-order chi connectivity index (χ0) is 14.3. The molecule has 0 amide bonds. The van der Waals surface area contributed by atoms with E-state index in [0.29, 0.717) is 5.13 Å². The predicted molar refractivity (Wildman–Crippen MR) is 82.2 cm³/mol. The number of anilines is 1. The van der Waals surface area contributed by atoms with Gasteiger partial charge >= 0.3 is 0 Å². The second-order valence-electron chi connectivity index (χ2n) is 4.50. The maximum atomic E-state index is 5.80. The molecule has 0 aliphatic rings. The molecule has 0 saturated heterocycles. The highest BCUT2D eigenvalue weighted by molar-refractivity contribution is 7.18. The monoisotopic (exact) mass is 288 g/mol. The van der Waals surface area contributed by atoms with Crippen molar-refractivity contribution in [2.24, 2.45) is 0 Å². The lowest BCUT2D eigenvalue weighted by atomic mass is 10.3. The van der Waals surface area contributed by atoms with Gasteiger partial charge < -0.3 is 15.0 Å². The fraction of sp³-hybridized carbons (Fsp3) is 0.286. The summed E-state index contributed by atoms with van der Waals surface area (Å²) in [5.41, 5.74) is 8.74. The topological polar surface area (TPSA) is 66.0 Å². The van der Waals surface area contributed by atoms with Gasteiger partial charge in [-0.05, 0) is 26.0 Å². The molecule has 0 fully saturated rings. The lowest BCUT2D eigenvalue weighted by molar-refractivity contribution is 0.415. The van der Waals surface area contributed by atoms with Crippen LogP contribution in [0.25, 0.3) is 21.7 Å². The Morgan fingerprint density at radius 3 is 2.75 bits per heavy atom. The van der Waals surface area contributed by atoms with Gasteiger partial charge in [-0.3, -0.25) is 0 Å². The van der Waals surface area contributed by atoms with Crippen molar-refractivity contribution in [2.75, 3.05) is 12.8 Å². The van der Waals surface area contributed by atoms with Crippen LogP contribution < -0.4 is 10.5 Å². The zero-order valence-electron chi connectivity index (χ0n) is 11.7. The van der Waals surface area contributed by atoms with E-state index in [2.05, 4.69) is 16.5 Å². The number of nitrogen functional groups attached to an aromatic ring is 1. The summed E-state index contributed by atoms with van der Waals surface area (Å²) in [6.45, 7) is 4.91. The summed E-state index contributed by atoms with van der Waals surface area (Å²) in [5.74, 6) is 1.73. The van der Waals surface area contributed by atoms with Crippen molar-refractivity contribution in [1.82, 2.24) is 14.5 Å². The molecule has 3 aromatic rings. The quantitative estimate of drug-likeness (QED) is 0.804. The minimum Gasteiger partial charge on any atom is -0.497 e. The van der Waals surface area contributed by atoms with Gasteiger partial charge in [0, 0.05) is 12.6 Å². The second kappa shape index (κ2) is 4.79. The summed E-state index contributed by atoms with van der Waals surface area (Å²) in [7, 11) is 1.66. The van der Waals surface area contributed by atoms with Gasteiger partial charge in [-0.1, -0.05) is 11.3 Å². The normalized spacial score (nSPS) is 11.2. The molecule has 0 spiro atoms. The van der Waals surface area contributed by atoms with E-state index in [1.807, 2.05) is 25.1 Å². The maximum Gasteiger partial charge on any atom is 0.180 e. The van der Waals surface area contributed by atoms with Crippen molar-refractivity contribution in [2.45, 2.75) is 20.4 Å². The first-order valence-electron chi connectivity index (χ1n) is 6.41. The molecule has 0 atom stereocenters. The van der Waals surface area contributed by atoms with E-state index in [9.17, 15) is 0 Å². The van der Waals surface area contributed by atoms with Crippen LogP contribution in [0.2, 0.25) is 0 Å². The Hall–Kier alpha value is -2.08. The van der Waals surface area contributed by atoms with Gasteiger partial charge in [-0.15, -0.1) is 0 Å². The Bertz CT molecular complexity index is 775. The van der Waals surface area contributed by atoms with Crippen LogP contribution in [-0.2, 0) is 6.54 Å². The molecule has 0 saturated carbocycles. The van der Waals surface area contributed by atoms with E-state index < -0.39 is 0 Å². The fourth-order valence-corrected chi connectivity index (χ4v) is 3.19. The van der Waals surface area contributed by atoms with Crippen LogP contribution in [0.3, 0.4) is 0 Å². The molecule has 0 radical (unpaired) electrons. The Balaban J connectivity index is 2.27. The number of thiazole rings is 1. The van der Waals surface area contributed by atoms with Gasteiger partial charge in [0.1, 0.15) is 5.75 Å². The number of aromatic nitrogens is 3. The molecule has 20 heavy (non-hydrogen) atoms. The van der Waals surface area contributed by atoms with E-state index in [0.717, 1.165) is 39.7 Å². The van der Waals surface area contributed by atoms with E-state index in [1.54, 1.807) is 7.11 Å². The average molecular weight is 288 g/mol. The number of nitrogens with two attached hydrogens (primary N) is 1. The molecule has 0 aliphatic carbocycles. The smallest absolute Gasteiger partial charge is 0.180 e.